The Morgan fingerprint density at radius 3 is 2.64 bits per heavy atom. The molecule has 0 amide bonds. The molecule has 1 rings (SSSR count). The van der Waals surface area contributed by atoms with Gasteiger partial charge in [0.2, 0.25) is 5.95 Å². The first-order valence-electron chi connectivity index (χ1n) is 4.81. The van der Waals surface area contributed by atoms with Gasteiger partial charge in [-0.1, -0.05) is 20.8 Å². The van der Waals surface area contributed by atoms with Gasteiger partial charge in [0.05, 0.1) is 0 Å². The average molecular weight is 211 g/mol. The highest BCUT2D eigenvalue weighted by atomic mass is 32.2. The molecular formula is C10H17N3S. The predicted octanol–water partition coefficient (Wildman–Crippen LogP) is 2.65. The van der Waals surface area contributed by atoms with Crippen LogP contribution in [0.3, 0.4) is 0 Å². The second-order valence-corrected chi connectivity index (χ2v) is 4.93. The van der Waals surface area contributed by atoms with Crippen molar-refractivity contribution in [1.29, 1.82) is 0 Å². The quantitative estimate of drug-likeness (QED) is 0.614. The minimum Gasteiger partial charge on any atom is -0.357 e. The molecule has 1 N–H and O–H groups in total. The zero-order valence-corrected chi connectivity index (χ0v) is 9.93. The number of thioether (sulfide) groups is 1. The fourth-order valence-electron chi connectivity index (χ4n) is 0.855. The van der Waals surface area contributed by atoms with Crippen molar-refractivity contribution in [2.24, 2.45) is 5.92 Å². The first kappa shape index (κ1) is 11.3. The van der Waals surface area contributed by atoms with Crippen LogP contribution in [0.15, 0.2) is 17.3 Å². The highest BCUT2D eigenvalue weighted by molar-refractivity contribution is 7.99. The molecule has 1 aromatic heterocycles. The van der Waals surface area contributed by atoms with Crippen LogP contribution in [0.1, 0.15) is 20.8 Å². The Morgan fingerprint density at radius 1 is 1.36 bits per heavy atom. The van der Waals surface area contributed by atoms with Crippen LogP contribution in [-0.2, 0) is 0 Å². The van der Waals surface area contributed by atoms with Crippen molar-refractivity contribution >= 4 is 17.7 Å². The van der Waals surface area contributed by atoms with Gasteiger partial charge in [0.25, 0.3) is 0 Å². The number of nitrogens with zero attached hydrogens (tertiary/aromatic N) is 2. The third kappa shape index (κ3) is 3.18. The number of anilines is 1. The summed E-state index contributed by atoms with van der Waals surface area (Å²) in [5.41, 5.74) is 0. The number of hydrogen-bond donors (Lipinski definition) is 1. The van der Waals surface area contributed by atoms with Gasteiger partial charge in [0, 0.05) is 18.5 Å². The smallest absolute Gasteiger partial charge is 0.223 e. The molecule has 0 radical (unpaired) electrons. The van der Waals surface area contributed by atoms with Crippen LogP contribution >= 0.6 is 11.8 Å². The largest absolute Gasteiger partial charge is 0.357 e. The van der Waals surface area contributed by atoms with Crippen molar-refractivity contribution in [1.82, 2.24) is 9.97 Å². The number of aromatic nitrogens is 2. The van der Waals surface area contributed by atoms with Gasteiger partial charge in [-0.05, 0) is 12.0 Å². The van der Waals surface area contributed by atoms with Crippen molar-refractivity contribution in [2.45, 2.75) is 31.0 Å². The summed E-state index contributed by atoms with van der Waals surface area (Å²) in [5, 5.41) is 4.55. The maximum Gasteiger partial charge on any atom is 0.223 e. The number of nitrogens with one attached hydrogen (secondary N) is 1. The molecule has 1 heterocycles. The normalized spacial score (nSPS) is 12.9. The van der Waals surface area contributed by atoms with E-state index < -0.39 is 0 Å². The standard InChI is InChI=1S/C10H17N3S/c1-7(2)8(3)14-9-5-6-12-10(11-4)13-9/h5-8H,1-4H3,(H,11,12,13). The van der Waals surface area contributed by atoms with Crippen molar-refractivity contribution in [3.63, 3.8) is 0 Å². The molecule has 0 bridgehead atoms. The van der Waals surface area contributed by atoms with Crippen LogP contribution in [0, 0.1) is 5.92 Å². The van der Waals surface area contributed by atoms with Gasteiger partial charge in [-0.2, -0.15) is 0 Å². The van der Waals surface area contributed by atoms with Crippen molar-refractivity contribution < 1.29 is 0 Å². The first-order valence-corrected chi connectivity index (χ1v) is 5.69. The summed E-state index contributed by atoms with van der Waals surface area (Å²) in [6.45, 7) is 6.66. The van der Waals surface area contributed by atoms with E-state index in [4.69, 9.17) is 0 Å². The topological polar surface area (TPSA) is 37.8 Å². The Bertz CT molecular complexity index is 288. The second kappa shape index (κ2) is 5.20. The molecule has 0 aromatic carbocycles. The summed E-state index contributed by atoms with van der Waals surface area (Å²) < 4.78 is 0. The van der Waals surface area contributed by atoms with E-state index in [1.807, 2.05) is 13.1 Å². The lowest BCUT2D eigenvalue weighted by Crippen LogP contribution is -2.06. The molecular weight excluding hydrogens is 194 g/mol. The zero-order valence-electron chi connectivity index (χ0n) is 9.11. The van der Waals surface area contributed by atoms with Gasteiger partial charge in [-0.15, -0.1) is 11.8 Å². The molecule has 3 nitrogen and oxygen atoms in total. The summed E-state index contributed by atoms with van der Waals surface area (Å²) in [7, 11) is 1.83. The Balaban J connectivity index is 2.66. The van der Waals surface area contributed by atoms with Crippen LogP contribution in [-0.4, -0.2) is 22.3 Å². The molecule has 78 valence electrons. The summed E-state index contributed by atoms with van der Waals surface area (Å²) >= 11 is 1.79. The lowest BCUT2D eigenvalue weighted by atomic mass is 10.2. The maximum atomic E-state index is 4.35. The average Bonchev–Trinajstić information content (AvgIpc) is 2.18. The molecule has 0 aliphatic heterocycles. The predicted molar refractivity (Wildman–Crippen MR) is 61.7 cm³/mol. The first-order chi connectivity index (χ1) is 6.63. The van der Waals surface area contributed by atoms with E-state index in [0.29, 0.717) is 17.1 Å². The SMILES string of the molecule is CNc1nccc(SC(C)C(C)C)n1. The van der Waals surface area contributed by atoms with Gasteiger partial charge in [-0.3, -0.25) is 0 Å². The Labute approximate surface area is 89.7 Å². The van der Waals surface area contributed by atoms with E-state index >= 15 is 0 Å². The van der Waals surface area contributed by atoms with Crippen LogP contribution in [0.5, 0.6) is 0 Å². The van der Waals surface area contributed by atoms with E-state index in [-0.39, 0.29) is 0 Å². The lowest BCUT2D eigenvalue weighted by molar-refractivity contribution is 0.641. The zero-order chi connectivity index (χ0) is 10.6. The van der Waals surface area contributed by atoms with Gasteiger partial charge >= 0.3 is 0 Å². The fourth-order valence-corrected chi connectivity index (χ4v) is 1.79. The van der Waals surface area contributed by atoms with E-state index in [1.54, 1.807) is 18.0 Å². The third-order valence-corrected chi connectivity index (χ3v) is 3.48. The molecule has 0 saturated carbocycles. The monoisotopic (exact) mass is 211 g/mol. The third-order valence-electron chi connectivity index (χ3n) is 2.10. The molecule has 4 heteroatoms. The molecule has 1 atom stereocenters. The molecule has 1 unspecified atom stereocenters. The van der Waals surface area contributed by atoms with Gasteiger partial charge in [0.1, 0.15) is 5.03 Å². The minimum atomic E-state index is 0.578. The molecule has 1 aromatic rings. The fraction of sp³-hybridized carbons (Fsp3) is 0.600. The molecule has 0 aliphatic rings. The number of rotatable bonds is 4. The molecule has 0 fully saturated rings. The molecule has 14 heavy (non-hydrogen) atoms. The van der Waals surface area contributed by atoms with Gasteiger partial charge in [0.15, 0.2) is 0 Å². The van der Waals surface area contributed by atoms with Gasteiger partial charge < -0.3 is 5.32 Å². The lowest BCUT2D eigenvalue weighted by Gasteiger charge is -2.14. The Morgan fingerprint density at radius 2 is 2.07 bits per heavy atom. The Kier molecular flexibility index (Phi) is 4.20. The second-order valence-electron chi connectivity index (χ2n) is 3.54. The molecule has 0 spiro atoms. The van der Waals surface area contributed by atoms with E-state index in [0.717, 1.165) is 5.03 Å². The highest BCUT2D eigenvalue weighted by Crippen LogP contribution is 2.26. The van der Waals surface area contributed by atoms with Crippen LogP contribution in [0.25, 0.3) is 0 Å². The van der Waals surface area contributed by atoms with Crippen molar-refractivity contribution in [3.8, 4) is 0 Å². The number of hydrogen-bond acceptors (Lipinski definition) is 4. The summed E-state index contributed by atoms with van der Waals surface area (Å²) in [5.74, 6) is 1.35. The van der Waals surface area contributed by atoms with Crippen molar-refractivity contribution in [3.05, 3.63) is 12.3 Å². The van der Waals surface area contributed by atoms with Crippen LogP contribution < -0.4 is 5.32 Å². The summed E-state index contributed by atoms with van der Waals surface area (Å²) in [4.78, 5) is 8.43. The summed E-state index contributed by atoms with van der Waals surface area (Å²) in [6, 6.07) is 1.95. The Hall–Kier alpha value is -0.770. The van der Waals surface area contributed by atoms with Crippen LogP contribution in [0.2, 0.25) is 0 Å². The van der Waals surface area contributed by atoms with Gasteiger partial charge in [-0.25, -0.2) is 9.97 Å². The van der Waals surface area contributed by atoms with Crippen LogP contribution in [0.4, 0.5) is 5.95 Å². The highest BCUT2D eigenvalue weighted by Gasteiger charge is 2.09. The minimum absolute atomic E-state index is 0.578. The van der Waals surface area contributed by atoms with Crippen molar-refractivity contribution in [2.75, 3.05) is 12.4 Å². The van der Waals surface area contributed by atoms with E-state index in [1.165, 1.54) is 0 Å². The molecule has 0 aliphatic carbocycles. The maximum absolute atomic E-state index is 4.35. The summed E-state index contributed by atoms with van der Waals surface area (Å²) in [6.07, 6.45) is 1.79. The van der Waals surface area contributed by atoms with E-state index in [2.05, 4.69) is 36.1 Å². The van der Waals surface area contributed by atoms with E-state index in [9.17, 15) is 0 Å². The molecule has 0 saturated heterocycles.